The number of hydrogen-bond acceptors (Lipinski definition) is 5. The molecule has 0 aliphatic carbocycles. The number of ketones is 1. The first-order valence-electron chi connectivity index (χ1n) is 5.87. The molecule has 0 saturated carbocycles. The van der Waals surface area contributed by atoms with Crippen molar-refractivity contribution in [3.63, 3.8) is 0 Å². The molecular weight excluding hydrogens is 240 g/mol. The molecule has 0 spiro atoms. The number of aromatic nitrogens is 2. The topological polar surface area (TPSA) is 58.5 Å². The molecule has 2 aromatic heterocycles. The summed E-state index contributed by atoms with van der Waals surface area (Å²) in [5, 5.41) is 5.84. The summed E-state index contributed by atoms with van der Waals surface area (Å²) in [6.45, 7) is 3.15. The SMILES string of the molecule is CC(=O)C(C)=NN(c1ccccn1)c1ccccn1. The molecule has 0 aliphatic rings. The molecule has 0 atom stereocenters. The Morgan fingerprint density at radius 1 is 1.00 bits per heavy atom. The van der Waals surface area contributed by atoms with Crippen LogP contribution in [0.3, 0.4) is 0 Å². The van der Waals surface area contributed by atoms with Crippen LogP contribution >= 0.6 is 0 Å². The zero-order chi connectivity index (χ0) is 13.7. The third-order valence-electron chi connectivity index (χ3n) is 2.49. The molecule has 19 heavy (non-hydrogen) atoms. The molecule has 5 nitrogen and oxygen atoms in total. The van der Waals surface area contributed by atoms with Crippen molar-refractivity contribution in [1.82, 2.24) is 9.97 Å². The van der Waals surface area contributed by atoms with E-state index in [9.17, 15) is 4.79 Å². The molecule has 0 amide bonds. The largest absolute Gasteiger partial charge is 0.293 e. The summed E-state index contributed by atoms with van der Waals surface area (Å²) in [7, 11) is 0. The molecule has 0 N–H and O–H groups in total. The van der Waals surface area contributed by atoms with E-state index in [0.717, 1.165) is 0 Å². The number of carbonyl (C=O) groups is 1. The summed E-state index contributed by atoms with van der Waals surface area (Å²) in [6, 6.07) is 11.0. The fourth-order valence-corrected chi connectivity index (χ4v) is 1.40. The predicted molar refractivity (Wildman–Crippen MR) is 74.4 cm³/mol. The van der Waals surface area contributed by atoms with Crippen LogP contribution in [0.25, 0.3) is 0 Å². The second-order valence-electron chi connectivity index (χ2n) is 3.93. The second kappa shape index (κ2) is 5.86. The van der Waals surface area contributed by atoms with Crippen LogP contribution in [0.5, 0.6) is 0 Å². The monoisotopic (exact) mass is 254 g/mol. The van der Waals surface area contributed by atoms with E-state index < -0.39 is 0 Å². The molecule has 0 radical (unpaired) electrons. The Labute approximate surface area is 111 Å². The molecule has 2 heterocycles. The zero-order valence-electron chi connectivity index (χ0n) is 10.8. The number of carbonyl (C=O) groups excluding carboxylic acids is 1. The number of hydrazone groups is 1. The van der Waals surface area contributed by atoms with Gasteiger partial charge in [0.05, 0.1) is 0 Å². The Kier molecular flexibility index (Phi) is 3.97. The first-order valence-corrected chi connectivity index (χ1v) is 5.87. The summed E-state index contributed by atoms with van der Waals surface area (Å²) in [5.74, 6) is 1.14. The summed E-state index contributed by atoms with van der Waals surface area (Å²) in [6.07, 6.45) is 3.34. The highest BCUT2D eigenvalue weighted by Crippen LogP contribution is 2.21. The van der Waals surface area contributed by atoms with Gasteiger partial charge in [-0.25, -0.2) is 9.97 Å². The van der Waals surface area contributed by atoms with Crippen molar-refractivity contribution >= 4 is 23.1 Å². The Balaban J connectivity index is 2.46. The number of pyridine rings is 2. The molecule has 0 bridgehead atoms. The predicted octanol–water partition coefficient (Wildman–Crippen LogP) is 2.58. The van der Waals surface area contributed by atoms with Crippen molar-refractivity contribution in [2.24, 2.45) is 5.10 Å². The van der Waals surface area contributed by atoms with Crippen LogP contribution in [0.2, 0.25) is 0 Å². The molecule has 0 aliphatic heterocycles. The van der Waals surface area contributed by atoms with Crippen LogP contribution in [0.15, 0.2) is 53.9 Å². The Morgan fingerprint density at radius 2 is 1.53 bits per heavy atom. The van der Waals surface area contributed by atoms with Crippen molar-refractivity contribution in [2.45, 2.75) is 13.8 Å². The first kappa shape index (κ1) is 12.9. The molecular formula is C14H14N4O. The lowest BCUT2D eigenvalue weighted by atomic mass is 10.3. The van der Waals surface area contributed by atoms with Crippen molar-refractivity contribution < 1.29 is 4.79 Å². The van der Waals surface area contributed by atoms with Crippen LogP contribution in [0.1, 0.15) is 13.8 Å². The van der Waals surface area contributed by atoms with E-state index in [1.807, 2.05) is 36.4 Å². The average molecular weight is 254 g/mol. The lowest BCUT2D eigenvalue weighted by molar-refractivity contribution is -0.111. The molecule has 0 saturated heterocycles. The van der Waals surface area contributed by atoms with Gasteiger partial charge in [0.2, 0.25) is 0 Å². The van der Waals surface area contributed by atoms with Gasteiger partial charge in [-0.3, -0.25) is 4.79 Å². The van der Waals surface area contributed by atoms with Gasteiger partial charge >= 0.3 is 0 Å². The molecule has 5 heteroatoms. The van der Waals surface area contributed by atoms with Crippen LogP contribution in [-0.2, 0) is 4.79 Å². The van der Waals surface area contributed by atoms with Crippen molar-refractivity contribution in [3.8, 4) is 0 Å². The van der Waals surface area contributed by atoms with Crippen LogP contribution < -0.4 is 5.01 Å². The van der Waals surface area contributed by atoms with Gasteiger partial charge in [0.1, 0.15) is 5.71 Å². The van der Waals surface area contributed by atoms with Crippen LogP contribution in [-0.4, -0.2) is 21.5 Å². The lowest BCUT2D eigenvalue weighted by Gasteiger charge is -2.17. The number of rotatable bonds is 4. The van der Waals surface area contributed by atoms with E-state index >= 15 is 0 Å². The maximum Gasteiger partial charge on any atom is 0.175 e. The molecule has 96 valence electrons. The van der Waals surface area contributed by atoms with E-state index in [2.05, 4.69) is 15.1 Å². The van der Waals surface area contributed by atoms with Gasteiger partial charge in [-0.1, -0.05) is 12.1 Å². The van der Waals surface area contributed by atoms with Gasteiger partial charge < -0.3 is 0 Å². The molecule has 2 aromatic rings. The second-order valence-corrected chi connectivity index (χ2v) is 3.93. The van der Waals surface area contributed by atoms with Gasteiger partial charge in [-0.15, -0.1) is 0 Å². The van der Waals surface area contributed by atoms with Gasteiger partial charge in [-0.05, 0) is 31.2 Å². The van der Waals surface area contributed by atoms with Gasteiger partial charge in [0, 0.05) is 19.3 Å². The molecule has 0 aromatic carbocycles. The fraction of sp³-hybridized carbons (Fsp3) is 0.143. The number of Topliss-reactive ketones (excluding diaryl/α,β-unsaturated/α-hetero) is 1. The first-order chi connectivity index (χ1) is 9.18. The van der Waals surface area contributed by atoms with E-state index in [4.69, 9.17) is 0 Å². The highest BCUT2D eigenvalue weighted by atomic mass is 16.1. The Hall–Kier alpha value is -2.56. The van der Waals surface area contributed by atoms with E-state index in [-0.39, 0.29) is 5.78 Å². The summed E-state index contributed by atoms with van der Waals surface area (Å²) >= 11 is 0. The third kappa shape index (κ3) is 3.22. The average Bonchev–Trinajstić information content (AvgIpc) is 2.46. The van der Waals surface area contributed by atoms with E-state index in [1.165, 1.54) is 6.92 Å². The van der Waals surface area contributed by atoms with E-state index in [1.54, 1.807) is 24.3 Å². The maximum atomic E-state index is 11.3. The minimum absolute atomic E-state index is 0.0862. The van der Waals surface area contributed by atoms with Crippen molar-refractivity contribution in [1.29, 1.82) is 0 Å². The maximum absolute atomic E-state index is 11.3. The van der Waals surface area contributed by atoms with Gasteiger partial charge in [0.15, 0.2) is 17.4 Å². The van der Waals surface area contributed by atoms with Crippen molar-refractivity contribution in [3.05, 3.63) is 48.8 Å². The minimum atomic E-state index is -0.0862. The van der Waals surface area contributed by atoms with E-state index in [0.29, 0.717) is 17.3 Å². The number of anilines is 2. The smallest absolute Gasteiger partial charge is 0.175 e. The lowest BCUT2D eigenvalue weighted by Crippen LogP contribution is -2.17. The minimum Gasteiger partial charge on any atom is -0.293 e. The Bertz CT molecular complexity index is 541. The van der Waals surface area contributed by atoms with Crippen molar-refractivity contribution in [2.75, 3.05) is 5.01 Å². The highest BCUT2D eigenvalue weighted by molar-refractivity contribution is 6.38. The fourth-order valence-electron chi connectivity index (χ4n) is 1.40. The summed E-state index contributed by atoms with van der Waals surface area (Å²) in [5.41, 5.74) is 0.399. The Morgan fingerprint density at radius 3 is 1.89 bits per heavy atom. The highest BCUT2D eigenvalue weighted by Gasteiger charge is 2.11. The van der Waals surface area contributed by atoms with Gasteiger partial charge in [0.25, 0.3) is 0 Å². The van der Waals surface area contributed by atoms with Gasteiger partial charge in [-0.2, -0.15) is 10.1 Å². The third-order valence-corrected chi connectivity index (χ3v) is 2.49. The zero-order valence-corrected chi connectivity index (χ0v) is 10.8. The number of nitrogens with zero attached hydrogens (tertiary/aromatic N) is 4. The molecule has 0 fully saturated rings. The summed E-state index contributed by atoms with van der Waals surface area (Å²) in [4.78, 5) is 19.8. The molecule has 2 rings (SSSR count). The molecule has 0 unspecified atom stereocenters. The van der Waals surface area contributed by atoms with Crippen LogP contribution in [0.4, 0.5) is 11.6 Å². The normalized spacial score (nSPS) is 11.2. The quantitative estimate of drug-likeness (QED) is 0.621. The number of hydrogen-bond donors (Lipinski definition) is 0. The summed E-state index contributed by atoms with van der Waals surface area (Å²) < 4.78 is 0. The van der Waals surface area contributed by atoms with Crippen LogP contribution in [0, 0.1) is 0 Å². The standard InChI is InChI=1S/C14H14N4O/c1-11(12(2)19)17-18(13-7-3-5-9-15-13)14-8-4-6-10-16-14/h3-10H,1-2H3.